The molecule has 0 unspecified atom stereocenters. The third-order valence-electron chi connectivity index (χ3n) is 3.56. The van der Waals surface area contributed by atoms with E-state index < -0.39 is 0 Å². The lowest BCUT2D eigenvalue weighted by atomic mass is 10.0. The van der Waals surface area contributed by atoms with Crippen LogP contribution in [0, 0.1) is 6.92 Å². The van der Waals surface area contributed by atoms with Gasteiger partial charge in [0.15, 0.2) is 0 Å². The van der Waals surface area contributed by atoms with Gasteiger partial charge >= 0.3 is 0 Å². The molecule has 4 rings (SSSR count). The Morgan fingerprint density at radius 2 is 1.90 bits per heavy atom. The molecule has 1 N–H and O–H groups in total. The van der Waals surface area contributed by atoms with Gasteiger partial charge in [-0.1, -0.05) is 0 Å². The first-order valence-electron chi connectivity index (χ1n) is 6.47. The molecule has 0 aliphatic heterocycles. The molecule has 0 atom stereocenters. The highest BCUT2D eigenvalue weighted by atomic mass is 14.9. The van der Waals surface area contributed by atoms with Gasteiger partial charge in [0.1, 0.15) is 5.65 Å². The number of pyridine rings is 3. The molecule has 0 spiro atoms. The molecule has 4 heterocycles. The summed E-state index contributed by atoms with van der Waals surface area (Å²) in [4.78, 5) is 16.5. The van der Waals surface area contributed by atoms with Gasteiger partial charge in [0, 0.05) is 52.2 Å². The van der Waals surface area contributed by atoms with Gasteiger partial charge in [0.05, 0.1) is 5.69 Å². The molecular formula is C16H12N4. The lowest BCUT2D eigenvalue weighted by Crippen LogP contribution is -1.87. The third kappa shape index (κ3) is 1.51. The number of fused-ring (bicyclic) bond motifs is 2. The first kappa shape index (κ1) is 11.1. The monoisotopic (exact) mass is 260 g/mol. The van der Waals surface area contributed by atoms with Gasteiger partial charge in [-0.2, -0.15) is 0 Å². The van der Waals surface area contributed by atoms with Gasteiger partial charge in [-0.15, -0.1) is 0 Å². The van der Waals surface area contributed by atoms with Crippen LogP contribution in [0.25, 0.3) is 33.1 Å². The summed E-state index contributed by atoms with van der Waals surface area (Å²) in [6.07, 6.45) is 7.29. The molecule has 4 heteroatoms. The molecular weight excluding hydrogens is 248 g/mol. The summed E-state index contributed by atoms with van der Waals surface area (Å²) in [6, 6.07) is 8.01. The fourth-order valence-electron chi connectivity index (χ4n) is 2.67. The van der Waals surface area contributed by atoms with E-state index in [9.17, 15) is 0 Å². The van der Waals surface area contributed by atoms with Crippen molar-refractivity contribution in [2.24, 2.45) is 0 Å². The lowest BCUT2D eigenvalue weighted by molar-refractivity contribution is 1.24. The zero-order valence-electron chi connectivity index (χ0n) is 11.0. The van der Waals surface area contributed by atoms with Crippen molar-refractivity contribution in [3.63, 3.8) is 0 Å². The highest BCUT2D eigenvalue weighted by Gasteiger charge is 2.14. The van der Waals surface area contributed by atoms with Gasteiger partial charge < -0.3 is 4.98 Å². The van der Waals surface area contributed by atoms with E-state index in [1.807, 2.05) is 30.6 Å². The molecule has 0 saturated heterocycles. The second kappa shape index (κ2) is 4.13. The minimum absolute atomic E-state index is 0.896. The predicted molar refractivity (Wildman–Crippen MR) is 79.4 cm³/mol. The van der Waals surface area contributed by atoms with E-state index in [0.717, 1.165) is 38.8 Å². The molecule has 0 aromatic carbocycles. The molecule has 4 aromatic heterocycles. The fourth-order valence-corrected chi connectivity index (χ4v) is 2.67. The average molecular weight is 260 g/mol. The van der Waals surface area contributed by atoms with Crippen molar-refractivity contribution in [2.75, 3.05) is 0 Å². The van der Waals surface area contributed by atoms with Crippen LogP contribution in [0.4, 0.5) is 0 Å². The second-order valence-electron chi connectivity index (χ2n) is 4.78. The Morgan fingerprint density at radius 3 is 2.85 bits per heavy atom. The van der Waals surface area contributed by atoms with Gasteiger partial charge in [-0.3, -0.25) is 9.97 Å². The highest BCUT2D eigenvalue weighted by Crippen LogP contribution is 2.33. The lowest BCUT2D eigenvalue weighted by Gasteiger charge is -2.05. The van der Waals surface area contributed by atoms with Crippen molar-refractivity contribution in [3.05, 3.63) is 54.7 Å². The minimum atomic E-state index is 0.896. The summed E-state index contributed by atoms with van der Waals surface area (Å²) < 4.78 is 0. The topological polar surface area (TPSA) is 54.5 Å². The molecule has 4 nitrogen and oxygen atoms in total. The largest absolute Gasteiger partial charge is 0.343 e. The van der Waals surface area contributed by atoms with Crippen LogP contribution in [-0.2, 0) is 0 Å². The highest BCUT2D eigenvalue weighted by molar-refractivity contribution is 6.03. The maximum Gasteiger partial charge on any atom is 0.138 e. The number of hydrogen-bond acceptors (Lipinski definition) is 3. The van der Waals surface area contributed by atoms with Crippen LogP contribution in [0.1, 0.15) is 5.69 Å². The van der Waals surface area contributed by atoms with Crippen LogP contribution in [0.15, 0.2) is 49.1 Å². The van der Waals surface area contributed by atoms with Gasteiger partial charge in [0.2, 0.25) is 0 Å². The van der Waals surface area contributed by atoms with Crippen LogP contribution in [-0.4, -0.2) is 19.9 Å². The van der Waals surface area contributed by atoms with Crippen molar-refractivity contribution < 1.29 is 0 Å². The maximum atomic E-state index is 4.58. The number of aromatic amines is 1. The summed E-state index contributed by atoms with van der Waals surface area (Å²) in [5, 5.41) is 3.30. The predicted octanol–water partition coefficient (Wildman–Crippen LogP) is 3.48. The van der Waals surface area contributed by atoms with Gasteiger partial charge in [-0.25, -0.2) is 4.98 Å². The number of H-pyrrole nitrogens is 1. The van der Waals surface area contributed by atoms with Crippen molar-refractivity contribution in [2.45, 2.75) is 6.92 Å². The number of aryl methyl sites for hydroxylation is 1. The number of nitrogens with one attached hydrogen (secondary N) is 1. The molecule has 0 amide bonds. The maximum absolute atomic E-state index is 4.58. The number of rotatable bonds is 1. The smallest absolute Gasteiger partial charge is 0.138 e. The normalized spacial score (nSPS) is 11.2. The van der Waals surface area contributed by atoms with Crippen LogP contribution >= 0.6 is 0 Å². The van der Waals surface area contributed by atoms with Crippen LogP contribution in [0.3, 0.4) is 0 Å². The molecule has 0 radical (unpaired) electrons. The Morgan fingerprint density at radius 1 is 0.950 bits per heavy atom. The number of nitrogens with zero attached hydrogens (tertiary/aromatic N) is 3. The Labute approximate surface area is 115 Å². The van der Waals surface area contributed by atoms with Gasteiger partial charge in [0.25, 0.3) is 0 Å². The Balaban J connectivity index is 2.14. The standard InChI is InChI=1S/C16H12N4/c1-10-14(13-3-2-6-19-16(13)20-10)15-12-5-7-17-9-11(12)4-8-18-15/h2-9H,1H3,(H,19,20). The van der Waals surface area contributed by atoms with Crippen LogP contribution < -0.4 is 0 Å². The SMILES string of the molecule is Cc1[nH]c2ncccc2c1-c1nccc2cnccc12. The Kier molecular flexibility index (Phi) is 2.29. The summed E-state index contributed by atoms with van der Waals surface area (Å²) >= 11 is 0. The zero-order valence-corrected chi connectivity index (χ0v) is 11.0. The van der Waals surface area contributed by atoms with E-state index in [0.29, 0.717) is 0 Å². The Hall–Kier alpha value is -2.75. The van der Waals surface area contributed by atoms with E-state index >= 15 is 0 Å². The summed E-state index contributed by atoms with van der Waals surface area (Å²) in [6.45, 7) is 2.05. The van der Waals surface area contributed by atoms with Crippen molar-refractivity contribution in [1.82, 2.24) is 19.9 Å². The molecule has 4 aromatic rings. The first-order valence-corrected chi connectivity index (χ1v) is 6.47. The zero-order chi connectivity index (χ0) is 13.5. The van der Waals surface area contributed by atoms with E-state index in [4.69, 9.17) is 0 Å². The van der Waals surface area contributed by atoms with E-state index in [-0.39, 0.29) is 0 Å². The average Bonchev–Trinajstić information content (AvgIpc) is 2.82. The quantitative estimate of drug-likeness (QED) is 0.570. The van der Waals surface area contributed by atoms with E-state index in [1.54, 1.807) is 12.4 Å². The molecule has 0 aliphatic rings. The van der Waals surface area contributed by atoms with Crippen LogP contribution in [0.5, 0.6) is 0 Å². The summed E-state index contributed by atoms with van der Waals surface area (Å²) in [5.74, 6) is 0. The summed E-state index contributed by atoms with van der Waals surface area (Å²) in [5.41, 5.74) is 4.06. The molecule has 0 fully saturated rings. The molecule has 0 saturated carbocycles. The minimum Gasteiger partial charge on any atom is -0.343 e. The van der Waals surface area contributed by atoms with Crippen molar-refractivity contribution in [1.29, 1.82) is 0 Å². The molecule has 0 aliphatic carbocycles. The molecule has 96 valence electrons. The van der Waals surface area contributed by atoms with Crippen molar-refractivity contribution in [3.8, 4) is 11.3 Å². The Bertz CT molecular complexity index is 919. The first-order chi connectivity index (χ1) is 9.84. The fraction of sp³-hybridized carbons (Fsp3) is 0.0625. The molecule has 20 heavy (non-hydrogen) atoms. The third-order valence-corrected chi connectivity index (χ3v) is 3.56. The van der Waals surface area contributed by atoms with Crippen molar-refractivity contribution >= 4 is 21.8 Å². The van der Waals surface area contributed by atoms with E-state index in [2.05, 4.69) is 32.9 Å². The molecule has 0 bridgehead atoms. The summed E-state index contributed by atoms with van der Waals surface area (Å²) in [7, 11) is 0. The van der Waals surface area contributed by atoms with E-state index in [1.165, 1.54) is 0 Å². The van der Waals surface area contributed by atoms with Gasteiger partial charge in [-0.05, 0) is 31.2 Å². The van der Waals surface area contributed by atoms with Crippen LogP contribution in [0.2, 0.25) is 0 Å². The second-order valence-corrected chi connectivity index (χ2v) is 4.78. The number of hydrogen-bond donors (Lipinski definition) is 1. The number of aromatic nitrogens is 4.